The number of imidazole rings is 1. The normalized spacial score (nSPS) is 21.4. The molecule has 0 amide bonds. The van der Waals surface area contributed by atoms with Crippen molar-refractivity contribution in [2.24, 2.45) is 0 Å². The molecule has 1 N–H and O–H groups in total. The number of aliphatic hydroxyl groups excluding tert-OH is 1. The zero-order chi connectivity index (χ0) is 29.2. The van der Waals surface area contributed by atoms with E-state index in [9.17, 15) is 18.3 Å². The van der Waals surface area contributed by atoms with Crippen LogP contribution in [0.25, 0.3) is 18.0 Å². The molecular weight excluding hydrogens is 521 g/mol. The lowest BCUT2D eigenvalue weighted by atomic mass is 10.1. The van der Waals surface area contributed by atoms with Crippen molar-refractivity contribution in [3.8, 4) is 11.6 Å². The molecule has 0 radical (unpaired) electrons. The Labute approximate surface area is 232 Å². The Balaban J connectivity index is 0.000000265. The summed E-state index contributed by atoms with van der Waals surface area (Å²) in [5.41, 5.74) is 2.50. The second-order valence-electron chi connectivity index (χ2n) is 9.00. The number of rotatable bonds is 4. The molecule has 0 fully saturated rings. The van der Waals surface area contributed by atoms with Crippen molar-refractivity contribution in [1.82, 2.24) is 29.3 Å². The number of halogens is 3. The van der Waals surface area contributed by atoms with Gasteiger partial charge >= 0.3 is 0 Å². The molecular formula is C29H35F3N6O2. The highest BCUT2D eigenvalue weighted by atomic mass is 19.2. The number of methoxy groups -OCH3 is 1. The summed E-state index contributed by atoms with van der Waals surface area (Å²) in [5, 5.41) is 14.4. The Morgan fingerprint density at radius 2 is 1.90 bits per heavy atom. The minimum absolute atomic E-state index is 0.412. The van der Waals surface area contributed by atoms with Gasteiger partial charge in [0.1, 0.15) is 12.4 Å². The molecule has 214 valence electrons. The Kier molecular flexibility index (Phi) is 11.0. The van der Waals surface area contributed by atoms with E-state index in [0.29, 0.717) is 41.6 Å². The quantitative estimate of drug-likeness (QED) is 0.375. The average molecular weight is 557 g/mol. The third-order valence-corrected chi connectivity index (χ3v) is 5.97. The highest BCUT2D eigenvalue weighted by Crippen LogP contribution is 2.26. The van der Waals surface area contributed by atoms with E-state index in [1.54, 1.807) is 31.2 Å². The lowest BCUT2D eigenvalue weighted by molar-refractivity contribution is 0.130. The standard InChI is InChI=1S/C18H20N6O2.C9H9F3.C2H6/c1-12-10-23(11-20-12)18-15(26-2)8-13(9-19-18)5-6-16-21-17-14(25)4-3-7-24(17)22-16;1-6-3-2-4-7(10)9(12)8(11)5-6;1-2/h5-6,8-11,14,25H,3-4,7H2,1-2H3;4-5H,2-3H2,1H3;1-2H3/b6-5+;6-5-,7-4+,9-8-;/t14-;;/m1../s1. The fourth-order valence-corrected chi connectivity index (χ4v) is 4.00. The number of aliphatic hydroxyl groups is 1. The highest BCUT2D eigenvalue weighted by Gasteiger charge is 2.21. The van der Waals surface area contributed by atoms with Crippen LogP contribution in [0.2, 0.25) is 0 Å². The number of allylic oxidation sites excluding steroid dienone is 6. The first kappa shape index (κ1) is 30.6. The molecule has 0 bridgehead atoms. The first-order valence-corrected chi connectivity index (χ1v) is 13.2. The molecule has 5 rings (SSSR count). The van der Waals surface area contributed by atoms with Gasteiger partial charge in [0.15, 0.2) is 40.7 Å². The van der Waals surface area contributed by atoms with Gasteiger partial charge in [-0.25, -0.2) is 32.8 Å². The summed E-state index contributed by atoms with van der Waals surface area (Å²) in [4.78, 5) is 13.1. The van der Waals surface area contributed by atoms with E-state index >= 15 is 0 Å². The summed E-state index contributed by atoms with van der Waals surface area (Å²) in [5.74, 6) is -1.07. The van der Waals surface area contributed by atoms with Gasteiger partial charge in [-0.3, -0.25) is 4.57 Å². The van der Waals surface area contributed by atoms with Crippen LogP contribution in [0.1, 0.15) is 75.5 Å². The zero-order valence-corrected chi connectivity index (χ0v) is 23.4. The van der Waals surface area contributed by atoms with Crippen LogP contribution in [0.4, 0.5) is 13.2 Å². The van der Waals surface area contributed by atoms with Gasteiger partial charge in [0, 0.05) is 18.9 Å². The summed E-state index contributed by atoms with van der Waals surface area (Å²) in [6.07, 6.45) is 13.2. The maximum Gasteiger partial charge on any atom is 0.194 e. The first-order valence-electron chi connectivity index (χ1n) is 13.2. The van der Waals surface area contributed by atoms with Crippen LogP contribution < -0.4 is 4.74 Å². The number of hydrogen-bond donors (Lipinski definition) is 1. The molecule has 1 atom stereocenters. The Morgan fingerprint density at radius 3 is 2.58 bits per heavy atom. The molecule has 4 heterocycles. The minimum Gasteiger partial charge on any atom is -0.493 e. The molecule has 0 saturated carbocycles. The van der Waals surface area contributed by atoms with Crippen LogP contribution in [0.3, 0.4) is 0 Å². The van der Waals surface area contributed by atoms with Gasteiger partial charge in [-0.05, 0) is 75.5 Å². The molecule has 1 aliphatic heterocycles. The van der Waals surface area contributed by atoms with Crippen molar-refractivity contribution in [2.45, 2.75) is 66.0 Å². The first-order chi connectivity index (χ1) is 19.2. The molecule has 0 aromatic carbocycles. The van der Waals surface area contributed by atoms with Gasteiger partial charge in [-0.15, -0.1) is 0 Å². The molecule has 11 heteroatoms. The Hall–Kier alpha value is -3.99. The van der Waals surface area contributed by atoms with Crippen LogP contribution in [-0.4, -0.2) is 41.5 Å². The fourth-order valence-electron chi connectivity index (χ4n) is 4.00. The third-order valence-electron chi connectivity index (χ3n) is 5.97. The monoisotopic (exact) mass is 556 g/mol. The second-order valence-corrected chi connectivity index (χ2v) is 9.00. The van der Waals surface area contributed by atoms with Crippen molar-refractivity contribution < 1.29 is 23.0 Å². The lowest BCUT2D eigenvalue weighted by Crippen LogP contribution is -2.16. The predicted molar refractivity (Wildman–Crippen MR) is 149 cm³/mol. The summed E-state index contributed by atoms with van der Waals surface area (Å²) in [6.45, 7) is 8.40. The molecule has 3 aromatic rings. The van der Waals surface area contributed by atoms with E-state index in [1.165, 1.54) is 0 Å². The van der Waals surface area contributed by atoms with Crippen LogP contribution in [0, 0.1) is 6.92 Å². The van der Waals surface area contributed by atoms with Gasteiger partial charge in [-0.1, -0.05) is 19.4 Å². The van der Waals surface area contributed by atoms with Crippen LogP contribution in [0.15, 0.2) is 60.0 Å². The molecule has 0 spiro atoms. The van der Waals surface area contributed by atoms with Gasteiger partial charge < -0.3 is 9.84 Å². The minimum atomic E-state index is -1.39. The molecule has 0 saturated heterocycles. The number of pyridine rings is 1. The maximum atomic E-state index is 12.7. The summed E-state index contributed by atoms with van der Waals surface area (Å²) in [6, 6.07) is 1.90. The fraction of sp³-hybridized carbons (Fsp3) is 0.379. The van der Waals surface area contributed by atoms with Gasteiger partial charge in [0.05, 0.1) is 12.8 Å². The van der Waals surface area contributed by atoms with Gasteiger partial charge in [0.25, 0.3) is 0 Å². The third kappa shape index (κ3) is 7.78. The largest absolute Gasteiger partial charge is 0.493 e. The van der Waals surface area contributed by atoms with Gasteiger partial charge in [0.2, 0.25) is 0 Å². The molecule has 1 aliphatic carbocycles. The second kappa shape index (κ2) is 14.4. The van der Waals surface area contributed by atoms with Crippen LogP contribution in [0.5, 0.6) is 5.75 Å². The van der Waals surface area contributed by atoms with Gasteiger partial charge in [-0.2, -0.15) is 5.10 Å². The highest BCUT2D eigenvalue weighted by molar-refractivity contribution is 5.67. The number of aryl methyl sites for hydroxylation is 2. The van der Waals surface area contributed by atoms with E-state index in [-0.39, 0.29) is 0 Å². The molecule has 8 nitrogen and oxygen atoms in total. The number of nitrogens with zero attached hydrogens (tertiary/aromatic N) is 6. The molecule has 0 unspecified atom stereocenters. The van der Waals surface area contributed by atoms with Crippen molar-refractivity contribution in [1.29, 1.82) is 0 Å². The number of hydrogen-bond acceptors (Lipinski definition) is 6. The predicted octanol–water partition coefficient (Wildman–Crippen LogP) is 6.93. The van der Waals surface area contributed by atoms with Crippen molar-refractivity contribution in [3.63, 3.8) is 0 Å². The SMILES string of the molecule is C/C1=C/C(F)=C(F)\C(F)=C/CC1.CC.COc1cc(/C=C/c2nc3n(n2)CCC[C@H]3O)cnc1-n1cnc(C)c1. The van der Waals surface area contributed by atoms with E-state index in [1.807, 2.05) is 49.8 Å². The smallest absolute Gasteiger partial charge is 0.194 e. The number of aromatic nitrogens is 6. The molecule has 3 aromatic heterocycles. The molecule has 40 heavy (non-hydrogen) atoms. The van der Waals surface area contributed by atoms with Crippen molar-refractivity contribution >= 4 is 12.2 Å². The topological polar surface area (TPSA) is 90.9 Å². The number of fused-ring (bicyclic) bond motifs is 1. The van der Waals surface area contributed by atoms with Crippen molar-refractivity contribution in [2.75, 3.05) is 7.11 Å². The van der Waals surface area contributed by atoms with E-state index in [2.05, 4.69) is 20.1 Å². The van der Waals surface area contributed by atoms with Crippen molar-refractivity contribution in [3.05, 3.63) is 82.9 Å². The van der Waals surface area contributed by atoms with Crippen LogP contribution >= 0.6 is 0 Å². The van der Waals surface area contributed by atoms with E-state index < -0.39 is 23.6 Å². The Bertz CT molecular complexity index is 1420. The summed E-state index contributed by atoms with van der Waals surface area (Å²) < 4.78 is 46.9. The summed E-state index contributed by atoms with van der Waals surface area (Å²) in [7, 11) is 1.62. The average Bonchev–Trinajstić information content (AvgIpc) is 3.59. The van der Waals surface area contributed by atoms with Crippen LogP contribution in [-0.2, 0) is 6.54 Å². The maximum absolute atomic E-state index is 12.7. The summed E-state index contributed by atoms with van der Waals surface area (Å²) >= 11 is 0. The number of ether oxygens (including phenoxy) is 1. The zero-order valence-electron chi connectivity index (χ0n) is 23.4. The van der Waals surface area contributed by atoms with E-state index in [4.69, 9.17) is 4.74 Å². The lowest BCUT2D eigenvalue weighted by Gasteiger charge is -2.16. The Morgan fingerprint density at radius 1 is 1.12 bits per heavy atom. The van der Waals surface area contributed by atoms with E-state index in [0.717, 1.165) is 42.8 Å². The molecule has 2 aliphatic rings.